The molecule has 0 spiro atoms. The summed E-state index contributed by atoms with van der Waals surface area (Å²) < 4.78 is 31.6. The van der Waals surface area contributed by atoms with Crippen LogP contribution in [0.4, 0.5) is 0 Å². The van der Waals surface area contributed by atoms with Gasteiger partial charge in [0.1, 0.15) is 6.10 Å². The largest absolute Gasteiger partial charge is 0.467 e. The molecule has 27 heavy (non-hydrogen) atoms. The van der Waals surface area contributed by atoms with E-state index in [4.69, 9.17) is 0 Å². The molecule has 0 radical (unpaired) electrons. The molecule has 2 atom stereocenters. The SMILES string of the molecule is COC(=O)[C@H](O)[C@@H](O)c1cn(S(=O)(=O)c2ccc(C)cc2)c2ccccc12. The average molecular weight is 389 g/mol. The number of carbonyl (C=O) groups is 1. The molecule has 7 nitrogen and oxygen atoms in total. The second-order valence-corrected chi connectivity index (χ2v) is 7.94. The Morgan fingerprint density at radius 3 is 2.33 bits per heavy atom. The highest BCUT2D eigenvalue weighted by molar-refractivity contribution is 7.90. The number of esters is 1. The van der Waals surface area contributed by atoms with Gasteiger partial charge in [0.25, 0.3) is 10.0 Å². The first kappa shape index (κ1) is 19.1. The third-order valence-electron chi connectivity index (χ3n) is 4.35. The molecule has 0 bridgehead atoms. The number of aliphatic hydroxyl groups excluding tert-OH is 2. The minimum absolute atomic E-state index is 0.0865. The summed E-state index contributed by atoms with van der Waals surface area (Å²) in [6, 6.07) is 12.9. The van der Waals surface area contributed by atoms with E-state index in [0.717, 1.165) is 16.6 Å². The summed E-state index contributed by atoms with van der Waals surface area (Å²) in [7, 11) is -2.85. The molecule has 0 saturated heterocycles. The van der Waals surface area contributed by atoms with Gasteiger partial charge in [0.05, 0.1) is 17.5 Å². The fourth-order valence-electron chi connectivity index (χ4n) is 2.85. The number of aromatic nitrogens is 1. The van der Waals surface area contributed by atoms with Crippen LogP contribution in [0.15, 0.2) is 59.6 Å². The van der Waals surface area contributed by atoms with Crippen molar-refractivity contribution in [3.63, 3.8) is 0 Å². The van der Waals surface area contributed by atoms with Crippen molar-refractivity contribution in [1.82, 2.24) is 3.97 Å². The minimum Gasteiger partial charge on any atom is -0.467 e. The maximum atomic E-state index is 13.1. The topological polar surface area (TPSA) is 106 Å². The lowest BCUT2D eigenvalue weighted by Crippen LogP contribution is -2.29. The predicted octanol–water partition coefficient (Wildman–Crippen LogP) is 1.75. The molecule has 3 aromatic rings. The number of aliphatic hydroxyl groups is 2. The van der Waals surface area contributed by atoms with Gasteiger partial charge in [0, 0.05) is 17.1 Å². The Morgan fingerprint density at radius 1 is 1.07 bits per heavy atom. The lowest BCUT2D eigenvalue weighted by molar-refractivity contribution is -0.156. The van der Waals surface area contributed by atoms with E-state index >= 15 is 0 Å². The number of para-hydroxylation sites is 1. The first-order valence-electron chi connectivity index (χ1n) is 8.13. The predicted molar refractivity (Wildman–Crippen MR) is 98.7 cm³/mol. The van der Waals surface area contributed by atoms with Crippen LogP contribution in [0.2, 0.25) is 0 Å². The van der Waals surface area contributed by atoms with Crippen molar-refractivity contribution in [2.45, 2.75) is 24.0 Å². The molecule has 2 N–H and O–H groups in total. The van der Waals surface area contributed by atoms with Crippen LogP contribution in [0.25, 0.3) is 10.9 Å². The second-order valence-electron chi connectivity index (χ2n) is 6.13. The highest BCUT2D eigenvalue weighted by atomic mass is 32.2. The number of fused-ring (bicyclic) bond motifs is 1. The van der Waals surface area contributed by atoms with Crippen molar-refractivity contribution in [2.24, 2.45) is 0 Å². The summed E-state index contributed by atoms with van der Waals surface area (Å²) in [6.45, 7) is 1.85. The molecule has 0 saturated carbocycles. The second kappa shape index (κ2) is 7.15. The minimum atomic E-state index is -3.94. The number of hydrogen-bond donors (Lipinski definition) is 2. The summed E-state index contributed by atoms with van der Waals surface area (Å²) in [5.41, 5.74) is 1.35. The molecular formula is C19H19NO6S. The van der Waals surface area contributed by atoms with Crippen molar-refractivity contribution in [3.05, 3.63) is 65.9 Å². The first-order chi connectivity index (χ1) is 12.8. The van der Waals surface area contributed by atoms with Crippen molar-refractivity contribution in [2.75, 3.05) is 7.11 Å². The molecule has 0 unspecified atom stereocenters. The molecule has 0 aliphatic heterocycles. The zero-order valence-corrected chi connectivity index (χ0v) is 15.6. The van der Waals surface area contributed by atoms with Crippen LogP contribution in [0.5, 0.6) is 0 Å². The number of nitrogens with zero attached hydrogens (tertiary/aromatic N) is 1. The van der Waals surface area contributed by atoms with Gasteiger partial charge in [0.2, 0.25) is 0 Å². The fourth-order valence-corrected chi connectivity index (χ4v) is 4.23. The zero-order chi connectivity index (χ0) is 19.8. The Bertz CT molecular complexity index is 1090. The molecule has 0 fully saturated rings. The van der Waals surface area contributed by atoms with E-state index in [2.05, 4.69) is 4.74 Å². The van der Waals surface area contributed by atoms with Gasteiger partial charge < -0.3 is 14.9 Å². The summed E-state index contributed by atoms with van der Waals surface area (Å²) in [5, 5.41) is 20.8. The molecule has 0 aliphatic carbocycles. The number of ether oxygens (including phenoxy) is 1. The van der Waals surface area contributed by atoms with Gasteiger partial charge in [-0.3, -0.25) is 0 Å². The molecule has 0 aliphatic rings. The van der Waals surface area contributed by atoms with Crippen LogP contribution in [-0.2, 0) is 19.6 Å². The van der Waals surface area contributed by atoms with Crippen molar-refractivity contribution in [1.29, 1.82) is 0 Å². The van der Waals surface area contributed by atoms with Gasteiger partial charge >= 0.3 is 5.97 Å². The monoisotopic (exact) mass is 389 g/mol. The number of carbonyl (C=O) groups excluding carboxylic acids is 1. The van der Waals surface area contributed by atoms with Gasteiger partial charge in [0.15, 0.2) is 6.10 Å². The lowest BCUT2D eigenvalue weighted by Gasteiger charge is -2.15. The van der Waals surface area contributed by atoms with Crippen molar-refractivity contribution < 1.29 is 28.2 Å². The van der Waals surface area contributed by atoms with Gasteiger partial charge in [-0.2, -0.15) is 0 Å². The standard InChI is InChI=1S/C19H19NO6S/c1-12-7-9-13(10-8-12)27(24,25)20-11-15(14-5-3-4-6-16(14)20)17(21)18(22)19(23)26-2/h3-11,17-18,21-22H,1-2H3/t17-,18+/m0/s1. The lowest BCUT2D eigenvalue weighted by atomic mass is 10.0. The summed E-state index contributed by atoms with van der Waals surface area (Å²) >= 11 is 0. The van der Waals surface area contributed by atoms with Gasteiger partial charge in [-0.15, -0.1) is 0 Å². The molecular weight excluding hydrogens is 370 g/mol. The number of rotatable bonds is 5. The number of hydrogen-bond acceptors (Lipinski definition) is 6. The Balaban J connectivity index is 2.18. The third kappa shape index (κ3) is 3.34. The van der Waals surface area contributed by atoms with E-state index in [9.17, 15) is 23.4 Å². The van der Waals surface area contributed by atoms with E-state index < -0.39 is 28.2 Å². The van der Waals surface area contributed by atoms with Gasteiger partial charge in [-0.25, -0.2) is 17.2 Å². The van der Waals surface area contributed by atoms with E-state index in [1.165, 1.54) is 18.3 Å². The Labute approximate surface area is 156 Å². The van der Waals surface area contributed by atoms with Crippen LogP contribution >= 0.6 is 0 Å². The number of benzene rings is 2. The first-order valence-corrected chi connectivity index (χ1v) is 9.57. The third-order valence-corrected chi connectivity index (χ3v) is 6.03. The average Bonchev–Trinajstić information content (AvgIpc) is 3.07. The maximum absolute atomic E-state index is 13.1. The molecule has 1 heterocycles. The maximum Gasteiger partial charge on any atom is 0.337 e. The Hall–Kier alpha value is -2.68. The van der Waals surface area contributed by atoms with Crippen molar-refractivity contribution >= 4 is 26.9 Å². The van der Waals surface area contributed by atoms with Crippen molar-refractivity contribution in [3.8, 4) is 0 Å². The molecule has 8 heteroatoms. The Morgan fingerprint density at radius 2 is 1.70 bits per heavy atom. The molecule has 3 rings (SSSR count). The van der Waals surface area contributed by atoms with Crippen LogP contribution in [0, 0.1) is 6.92 Å². The van der Waals surface area contributed by atoms with Crippen LogP contribution in [-0.4, -0.2) is 41.8 Å². The highest BCUT2D eigenvalue weighted by Gasteiger charge is 2.31. The fraction of sp³-hybridized carbons (Fsp3) is 0.211. The summed E-state index contributed by atoms with van der Waals surface area (Å²) in [4.78, 5) is 11.6. The molecule has 2 aromatic carbocycles. The van der Waals surface area contributed by atoms with Gasteiger partial charge in [-0.05, 0) is 25.1 Å². The normalized spacial score (nSPS) is 14.1. The number of aryl methyl sites for hydroxylation is 1. The molecule has 142 valence electrons. The molecule has 0 amide bonds. The smallest absolute Gasteiger partial charge is 0.337 e. The van der Waals surface area contributed by atoms with Crippen LogP contribution < -0.4 is 0 Å². The summed E-state index contributed by atoms with van der Waals surface area (Å²) in [6.07, 6.45) is -2.26. The Kier molecular flexibility index (Phi) is 5.05. The van der Waals surface area contributed by atoms with Crippen LogP contribution in [0.1, 0.15) is 17.2 Å². The van der Waals surface area contributed by atoms with Crippen LogP contribution in [0.3, 0.4) is 0 Å². The quantitative estimate of drug-likeness (QED) is 0.644. The molecule has 1 aromatic heterocycles. The van der Waals surface area contributed by atoms with Gasteiger partial charge in [-0.1, -0.05) is 35.9 Å². The summed E-state index contributed by atoms with van der Waals surface area (Å²) in [5.74, 6) is -1.01. The van der Waals surface area contributed by atoms with E-state index in [-0.39, 0.29) is 10.5 Å². The number of methoxy groups -OCH3 is 1. The van der Waals surface area contributed by atoms with E-state index in [0.29, 0.717) is 10.9 Å². The zero-order valence-electron chi connectivity index (χ0n) is 14.7. The highest BCUT2D eigenvalue weighted by Crippen LogP contribution is 2.31. The van der Waals surface area contributed by atoms with E-state index in [1.54, 1.807) is 36.4 Å². The van der Waals surface area contributed by atoms with E-state index in [1.807, 2.05) is 6.92 Å².